The Balaban J connectivity index is 2.67. The van der Waals surface area contributed by atoms with Crippen LogP contribution in [0.1, 0.15) is 13.8 Å². The number of nitrogens with one attached hydrogen (secondary N) is 2. The van der Waals surface area contributed by atoms with Crippen LogP contribution in [0.25, 0.3) is 0 Å². The lowest BCUT2D eigenvalue weighted by Gasteiger charge is -2.15. The van der Waals surface area contributed by atoms with Crippen molar-refractivity contribution in [1.82, 2.24) is 9.88 Å². The van der Waals surface area contributed by atoms with Crippen molar-refractivity contribution in [3.63, 3.8) is 0 Å². The molecule has 0 fully saturated rings. The third kappa shape index (κ3) is 4.10. The van der Waals surface area contributed by atoms with Crippen LogP contribution in [0.2, 0.25) is 0 Å². The Morgan fingerprint density at radius 1 is 1.17 bits per heavy atom. The van der Waals surface area contributed by atoms with Crippen LogP contribution in [-0.4, -0.2) is 43.1 Å². The molecule has 0 spiro atoms. The number of rotatable bonds is 7. The average Bonchev–Trinajstić information content (AvgIpc) is 2.34. The predicted octanol–water partition coefficient (Wildman–Crippen LogP) is 2.16. The monoisotopic (exact) mass is 258 g/mol. The first-order chi connectivity index (χ1) is 8.58. The number of nitrogens with zero attached hydrogens (tertiary/aromatic N) is 2. The molecule has 18 heavy (non-hydrogen) atoms. The van der Waals surface area contributed by atoms with E-state index in [0.717, 1.165) is 19.2 Å². The molecule has 0 atom stereocenters. The molecule has 0 radical (unpaired) electrons. The van der Waals surface area contributed by atoms with E-state index in [1.807, 2.05) is 20.9 Å². The molecule has 0 bridgehead atoms. The summed E-state index contributed by atoms with van der Waals surface area (Å²) in [6.45, 7) is 6.65. The van der Waals surface area contributed by atoms with E-state index < -0.39 is 11.6 Å². The lowest BCUT2D eigenvalue weighted by Crippen LogP contribution is -2.25. The number of anilines is 2. The molecule has 0 aromatic carbocycles. The second kappa shape index (κ2) is 7.10. The summed E-state index contributed by atoms with van der Waals surface area (Å²) in [5.74, 6) is -1.19. The fraction of sp³-hybridized carbons (Fsp3) is 0.583. The van der Waals surface area contributed by atoms with Crippen molar-refractivity contribution in [1.29, 1.82) is 0 Å². The van der Waals surface area contributed by atoms with Gasteiger partial charge in [-0.2, -0.15) is 0 Å². The van der Waals surface area contributed by atoms with E-state index in [1.54, 1.807) is 0 Å². The van der Waals surface area contributed by atoms with Gasteiger partial charge in [-0.3, -0.25) is 0 Å². The second-order valence-electron chi connectivity index (χ2n) is 4.00. The van der Waals surface area contributed by atoms with Crippen LogP contribution in [0.15, 0.2) is 6.07 Å². The van der Waals surface area contributed by atoms with Crippen LogP contribution >= 0.6 is 0 Å². The van der Waals surface area contributed by atoms with Crippen molar-refractivity contribution in [2.75, 3.05) is 43.9 Å². The summed E-state index contributed by atoms with van der Waals surface area (Å²) in [5.41, 5.74) is 0. The van der Waals surface area contributed by atoms with Crippen molar-refractivity contribution < 1.29 is 8.78 Å². The standard InChI is InChI=1S/C12H20F2N4/c1-4-15-11-9(13)8-10(14)12(17-11)16-6-7-18(3)5-2/h8H,4-7H2,1-3H3,(H2,15,16,17). The average molecular weight is 258 g/mol. The SMILES string of the molecule is CCNc1nc(NCCN(C)CC)c(F)cc1F. The fourth-order valence-corrected chi connectivity index (χ4v) is 1.41. The molecule has 0 amide bonds. The van der Waals surface area contributed by atoms with Crippen LogP contribution in [0.5, 0.6) is 0 Å². The molecule has 1 aromatic rings. The summed E-state index contributed by atoms with van der Waals surface area (Å²) in [6.07, 6.45) is 0. The molecule has 0 saturated carbocycles. The Labute approximate surface area is 106 Å². The van der Waals surface area contributed by atoms with Gasteiger partial charge in [0.05, 0.1) is 0 Å². The second-order valence-corrected chi connectivity index (χ2v) is 4.00. The Kier molecular flexibility index (Phi) is 5.77. The number of aromatic nitrogens is 1. The molecule has 0 saturated heterocycles. The predicted molar refractivity (Wildman–Crippen MR) is 70.0 cm³/mol. The molecule has 0 unspecified atom stereocenters. The third-order valence-corrected chi connectivity index (χ3v) is 2.60. The highest BCUT2D eigenvalue weighted by Gasteiger charge is 2.10. The van der Waals surface area contributed by atoms with Crippen molar-refractivity contribution in [3.05, 3.63) is 17.7 Å². The lowest BCUT2D eigenvalue weighted by molar-refractivity contribution is 0.366. The Hall–Kier alpha value is -1.43. The van der Waals surface area contributed by atoms with E-state index in [1.165, 1.54) is 0 Å². The minimum Gasteiger partial charge on any atom is -0.368 e. The molecular formula is C12H20F2N4. The maximum atomic E-state index is 13.5. The van der Waals surface area contributed by atoms with E-state index in [9.17, 15) is 8.78 Å². The maximum Gasteiger partial charge on any atom is 0.168 e. The first-order valence-electron chi connectivity index (χ1n) is 6.10. The largest absolute Gasteiger partial charge is 0.368 e. The van der Waals surface area contributed by atoms with Crippen molar-refractivity contribution in [2.45, 2.75) is 13.8 Å². The Morgan fingerprint density at radius 3 is 2.33 bits per heavy atom. The quantitative estimate of drug-likeness (QED) is 0.786. The number of likely N-dealkylation sites (N-methyl/N-ethyl adjacent to an activating group) is 1. The summed E-state index contributed by atoms with van der Waals surface area (Å²) >= 11 is 0. The van der Waals surface area contributed by atoms with Gasteiger partial charge in [-0.15, -0.1) is 0 Å². The molecule has 102 valence electrons. The highest BCUT2D eigenvalue weighted by atomic mass is 19.1. The van der Waals surface area contributed by atoms with Gasteiger partial charge < -0.3 is 15.5 Å². The molecule has 4 nitrogen and oxygen atoms in total. The summed E-state index contributed by atoms with van der Waals surface area (Å²) < 4.78 is 26.8. The van der Waals surface area contributed by atoms with Crippen molar-refractivity contribution >= 4 is 11.6 Å². The van der Waals surface area contributed by atoms with Gasteiger partial charge in [0.2, 0.25) is 0 Å². The van der Waals surface area contributed by atoms with Crippen LogP contribution in [-0.2, 0) is 0 Å². The molecule has 2 N–H and O–H groups in total. The van der Waals surface area contributed by atoms with Crippen LogP contribution in [0, 0.1) is 11.6 Å². The topological polar surface area (TPSA) is 40.2 Å². The Morgan fingerprint density at radius 2 is 1.78 bits per heavy atom. The molecular weight excluding hydrogens is 238 g/mol. The summed E-state index contributed by atoms with van der Waals surface area (Å²) in [6, 6.07) is 0.844. The van der Waals surface area contributed by atoms with Crippen molar-refractivity contribution in [2.24, 2.45) is 0 Å². The molecule has 1 rings (SSSR count). The van der Waals surface area contributed by atoms with Gasteiger partial charge in [0.1, 0.15) is 0 Å². The van der Waals surface area contributed by atoms with Gasteiger partial charge >= 0.3 is 0 Å². The maximum absolute atomic E-state index is 13.5. The number of hydrogen-bond donors (Lipinski definition) is 2. The number of pyridine rings is 1. The number of hydrogen-bond acceptors (Lipinski definition) is 4. The third-order valence-electron chi connectivity index (χ3n) is 2.60. The van der Waals surface area contributed by atoms with Gasteiger partial charge in [0.25, 0.3) is 0 Å². The highest BCUT2D eigenvalue weighted by Crippen LogP contribution is 2.18. The summed E-state index contributed by atoms with van der Waals surface area (Å²) in [7, 11) is 1.97. The molecule has 6 heteroatoms. The first-order valence-corrected chi connectivity index (χ1v) is 6.10. The van der Waals surface area contributed by atoms with Crippen molar-refractivity contribution in [3.8, 4) is 0 Å². The van der Waals surface area contributed by atoms with Gasteiger partial charge in [0, 0.05) is 25.7 Å². The van der Waals surface area contributed by atoms with Crippen LogP contribution < -0.4 is 10.6 Å². The van der Waals surface area contributed by atoms with E-state index in [4.69, 9.17) is 0 Å². The number of halogens is 2. The van der Waals surface area contributed by atoms with Crippen LogP contribution in [0.3, 0.4) is 0 Å². The molecule has 0 aliphatic rings. The summed E-state index contributed by atoms with van der Waals surface area (Å²) in [4.78, 5) is 5.98. The fourth-order valence-electron chi connectivity index (χ4n) is 1.41. The van der Waals surface area contributed by atoms with E-state index in [0.29, 0.717) is 13.1 Å². The van der Waals surface area contributed by atoms with Gasteiger partial charge in [0.15, 0.2) is 23.3 Å². The van der Waals surface area contributed by atoms with Gasteiger partial charge in [-0.25, -0.2) is 13.8 Å². The minimum atomic E-state index is -0.675. The first kappa shape index (κ1) is 14.6. The summed E-state index contributed by atoms with van der Waals surface area (Å²) in [5, 5.41) is 5.62. The molecule has 0 aliphatic heterocycles. The molecule has 0 aliphatic carbocycles. The zero-order chi connectivity index (χ0) is 13.5. The van der Waals surface area contributed by atoms with Crippen LogP contribution in [0.4, 0.5) is 20.4 Å². The highest BCUT2D eigenvalue weighted by molar-refractivity contribution is 5.47. The normalized spacial score (nSPS) is 10.8. The van der Waals surface area contributed by atoms with E-state index in [2.05, 4.69) is 20.5 Å². The van der Waals surface area contributed by atoms with E-state index in [-0.39, 0.29) is 11.6 Å². The smallest absolute Gasteiger partial charge is 0.168 e. The molecule has 1 aromatic heterocycles. The molecule has 1 heterocycles. The zero-order valence-corrected chi connectivity index (χ0v) is 11.1. The van der Waals surface area contributed by atoms with E-state index >= 15 is 0 Å². The zero-order valence-electron chi connectivity index (χ0n) is 11.1. The minimum absolute atomic E-state index is 0.0743. The van der Waals surface area contributed by atoms with Gasteiger partial charge in [-0.1, -0.05) is 6.92 Å². The lowest BCUT2D eigenvalue weighted by atomic mass is 10.4. The Bertz CT molecular complexity index is 385. The van der Waals surface area contributed by atoms with Gasteiger partial charge in [-0.05, 0) is 20.5 Å².